The first-order valence-electron chi connectivity index (χ1n) is 9.57. The molecule has 0 aliphatic heterocycles. The first-order valence-corrected chi connectivity index (χ1v) is 10.4. The van der Waals surface area contributed by atoms with Crippen LogP contribution in [0.2, 0.25) is 0 Å². The third-order valence-corrected chi connectivity index (χ3v) is 5.17. The van der Waals surface area contributed by atoms with Crippen molar-refractivity contribution in [1.29, 1.82) is 0 Å². The predicted molar refractivity (Wildman–Crippen MR) is 114 cm³/mol. The van der Waals surface area contributed by atoms with Crippen LogP contribution < -0.4 is 4.74 Å². The summed E-state index contributed by atoms with van der Waals surface area (Å²) in [7, 11) is 0. The van der Waals surface area contributed by atoms with Crippen LogP contribution in [0.1, 0.15) is 56.9 Å². The summed E-state index contributed by atoms with van der Waals surface area (Å²) < 4.78 is 5.99. The number of rotatable bonds is 10. The number of ether oxygens (including phenoxy) is 1. The van der Waals surface area contributed by atoms with Crippen LogP contribution in [-0.4, -0.2) is 6.61 Å². The lowest BCUT2D eigenvalue weighted by Crippen LogP contribution is -2.05. The van der Waals surface area contributed by atoms with Crippen molar-refractivity contribution in [2.24, 2.45) is 11.8 Å². The first-order chi connectivity index (χ1) is 12.5. The molecule has 1 nitrogen and oxygen atoms in total. The molecule has 142 valence electrons. The molecule has 2 rings (SSSR count). The minimum atomic E-state index is -0.508. The molecule has 1 atom stereocenters. The Labute approximate surface area is 168 Å². The molecular weight excluding hydrogens is 363 g/mol. The molecule has 0 saturated heterocycles. The second-order valence-corrected chi connectivity index (χ2v) is 8.62. The van der Waals surface area contributed by atoms with E-state index in [4.69, 9.17) is 27.9 Å². The lowest BCUT2D eigenvalue weighted by molar-refractivity contribution is 0.276. The van der Waals surface area contributed by atoms with Crippen LogP contribution in [0.3, 0.4) is 0 Å². The fourth-order valence-corrected chi connectivity index (χ4v) is 3.29. The molecule has 2 aromatic rings. The summed E-state index contributed by atoms with van der Waals surface area (Å²) in [5.41, 5.74) is 3.12. The fourth-order valence-electron chi connectivity index (χ4n) is 3.02. The van der Waals surface area contributed by atoms with Crippen molar-refractivity contribution >= 4 is 23.2 Å². The Morgan fingerprint density at radius 1 is 0.846 bits per heavy atom. The minimum Gasteiger partial charge on any atom is -0.494 e. The number of alkyl halides is 2. The Bertz CT molecular complexity index is 667. The highest BCUT2D eigenvalue weighted by Gasteiger charge is 2.07. The highest BCUT2D eigenvalue weighted by molar-refractivity contribution is 6.44. The van der Waals surface area contributed by atoms with Gasteiger partial charge in [0.25, 0.3) is 0 Å². The molecule has 0 spiro atoms. The molecule has 26 heavy (non-hydrogen) atoms. The Morgan fingerprint density at radius 3 is 2.23 bits per heavy atom. The summed E-state index contributed by atoms with van der Waals surface area (Å²) in [5.74, 6) is 2.42. The van der Waals surface area contributed by atoms with Gasteiger partial charge in [0.15, 0.2) is 0 Å². The van der Waals surface area contributed by atoms with Crippen molar-refractivity contribution in [3.05, 3.63) is 54.1 Å². The maximum absolute atomic E-state index is 5.99. The monoisotopic (exact) mass is 392 g/mol. The van der Waals surface area contributed by atoms with Gasteiger partial charge in [0.05, 0.1) is 6.61 Å². The van der Waals surface area contributed by atoms with Crippen LogP contribution in [0.5, 0.6) is 5.75 Å². The third-order valence-electron chi connectivity index (χ3n) is 4.66. The lowest BCUT2D eigenvalue weighted by Gasteiger charge is -2.14. The Balaban J connectivity index is 1.88. The number of hydrogen-bond acceptors (Lipinski definition) is 1. The highest BCUT2D eigenvalue weighted by atomic mass is 35.5. The summed E-state index contributed by atoms with van der Waals surface area (Å²) in [6.45, 7) is 7.66. The number of halogens is 2. The van der Waals surface area contributed by atoms with Crippen molar-refractivity contribution in [1.82, 2.24) is 0 Å². The van der Waals surface area contributed by atoms with E-state index in [1.54, 1.807) is 0 Å². The first kappa shape index (κ1) is 21.1. The van der Waals surface area contributed by atoms with E-state index >= 15 is 0 Å². The van der Waals surface area contributed by atoms with Gasteiger partial charge in [-0.2, -0.15) is 0 Å². The molecule has 0 saturated carbocycles. The lowest BCUT2D eigenvalue weighted by atomic mass is 9.98. The summed E-state index contributed by atoms with van der Waals surface area (Å²) in [6, 6.07) is 16.2. The average molecular weight is 393 g/mol. The average Bonchev–Trinajstić information content (AvgIpc) is 2.62. The molecule has 0 aliphatic rings. The van der Waals surface area contributed by atoms with Crippen molar-refractivity contribution in [3.63, 3.8) is 0 Å². The molecule has 2 aromatic carbocycles. The van der Waals surface area contributed by atoms with E-state index in [1.807, 2.05) is 30.3 Å². The van der Waals surface area contributed by atoms with E-state index in [0.717, 1.165) is 41.4 Å². The van der Waals surface area contributed by atoms with Gasteiger partial charge in [-0.1, -0.05) is 70.4 Å². The molecule has 0 N–H and O–H groups in total. The minimum absolute atomic E-state index is 0.508. The summed E-state index contributed by atoms with van der Waals surface area (Å²) in [4.78, 5) is -0.508. The van der Waals surface area contributed by atoms with E-state index in [1.165, 1.54) is 19.3 Å². The topological polar surface area (TPSA) is 9.23 Å². The van der Waals surface area contributed by atoms with Gasteiger partial charge >= 0.3 is 0 Å². The fraction of sp³-hybridized carbons (Fsp3) is 0.478. The highest BCUT2D eigenvalue weighted by Crippen LogP contribution is 2.30. The second kappa shape index (κ2) is 10.8. The van der Waals surface area contributed by atoms with Gasteiger partial charge in [0.2, 0.25) is 0 Å². The Morgan fingerprint density at radius 2 is 1.54 bits per heavy atom. The SMILES string of the molecule is CC(C)CCCC(C)CCOc1cccc(-c2cccc(C(Cl)Cl)c2)c1. The number of hydrogen-bond donors (Lipinski definition) is 0. The molecule has 0 fully saturated rings. The molecule has 0 amide bonds. The van der Waals surface area contributed by atoms with Crippen molar-refractivity contribution < 1.29 is 4.74 Å². The zero-order valence-electron chi connectivity index (χ0n) is 16.1. The smallest absolute Gasteiger partial charge is 0.132 e. The van der Waals surface area contributed by atoms with Gasteiger partial charge in [-0.15, -0.1) is 23.2 Å². The van der Waals surface area contributed by atoms with Crippen molar-refractivity contribution in [3.8, 4) is 16.9 Å². The molecule has 0 bridgehead atoms. The Hall–Kier alpha value is -1.18. The molecule has 0 heterocycles. The standard InChI is InChI=1S/C23H30Cl2O/c1-17(2)7-4-8-18(3)13-14-26-22-12-6-10-20(16-22)19-9-5-11-21(15-19)23(24)25/h5-6,9-12,15-18,23H,4,7-8,13-14H2,1-3H3. The molecule has 0 radical (unpaired) electrons. The molecular formula is C23H30Cl2O. The second-order valence-electron chi connectivity index (χ2n) is 7.52. The van der Waals surface area contributed by atoms with E-state index in [2.05, 4.69) is 39.0 Å². The summed E-state index contributed by atoms with van der Waals surface area (Å²) >= 11 is 12.0. The normalized spacial score (nSPS) is 12.6. The van der Waals surface area contributed by atoms with Gasteiger partial charge in [0.1, 0.15) is 10.6 Å². The number of benzene rings is 2. The van der Waals surface area contributed by atoms with Crippen LogP contribution in [0.25, 0.3) is 11.1 Å². The molecule has 0 aliphatic carbocycles. The van der Waals surface area contributed by atoms with E-state index in [-0.39, 0.29) is 0 Å². The summed E-state index contributed by atoms with van der Waals surface area (Å²) in [6.07, 6.45) is 5.01. The van der Waals surface area contributed by atoms with Crippen molar-refractivity contribution in [2.75, 3.05) is 6.61 Å². The molecule has 3 heteroatoms. The third kappa shape index (κ3) is 7.21. The molecule has 1 unspecified atom stereocenters. The van der Waals surface area contributed by atoms with E-state index in [9.17, 15) is 0 Å². The predicted octanol–water partition coefficient (Wildman–Crippen LogP) is 8.06. The van der Waals surface area contributed by atoms with Gasteiger partial charge in [-0.05, 0) is 53.1 Å². The van der Waals surface area contributed by atoms with Gasteiger partial charge < -0.3 is 4.74 Å². The largest absolute Gasteiger partial charge is 0.494 e. The van der Waals surface area contributed by atoms with E-state index < -0.39 is 4.84 Å². The van der Waals surface area contributed by atoms with Crippen LogP contribution >= 0.6 is 23.2 Å². The van der Waals surface area contributed by atoms with Crippen LogP contribution in [-0.2, 0) is 0 Å². The van der Waals surface area contributed by atoms with Crippen LogP contribution in [0.15, 0.2) is 48.5 Å². The zero-order valence-corrected chi connectivity index (χ0v) is 17.6. The van der Waals surface area contributed by atoms with Gasteiger partial charge in [0, 0.05) is 0 Å². The summed E-state index contributed by atoms with van der Waals surface area (Å²) in [5, 5.41) is 0. The quantitative estimate of drug-likeness (QED) is 0.371. The van der Waals surface area contributed by atoms with Gasteiger partial charge in [-0.3, -0.25) is 0 Å². The van der Waals surface area contributed by atoms with Gasteiger partial charge in [-0.25, -0.2) is 0 Å². The maximum atomic E-state index is 5.99. The van der Waals surface area contributed by atoms with Crippen LogP contribution in [0.4, 0.5) is 0 Å². The maximum Gasteiger partial charge on any atom is 0.132 e. The molecule has 0 aromatic heterocycles. The van der Waals surface area contributed by atoms with E-state index in [0.29, 0.717) is 5.92 Å². The van der Waals surface area contributed by atoms with Crippen molar-refractivity contribution in [2.45, 2.75) is 51.3 Å². The zero-order chi connectivity index (χ0) is 18.9. The Kier molecular flexibility index (Phi) is 8.81. The van der Waals surface area contributed by atoms with Crippen LogP contribution in [0, 0.1) is 11.8 Å².